The van der Waals surface area contributed by atoms with Crippen molar-refractivity contribution in [1.29, 1.82) is 0 Å². The number of aryl methyl sites for hydroxylation is 1. The van der Waals surface area contributed by atoms with Gasteiger partial charge in [0.25, 0.3) is 10.0 Å². The number of nitrogens with zero attached hydrogens (tertiary/aromatic N) is 1. The highest BCUT2D eigenvalue weighted by Crippen LogP contribution is 2.15. The van der Waals surface area contributed by atoms with Gasteiger partial charge in [-0.25, -0.2) is 13.4 Å². The molecule has 2 rings (SSSR count). The van der Waals surface area contributed by atoms with Crippen LogP contribution in [0.4, 0.5) is 10.2 Å². The number of alkyl halides is 1. The number of nitrogens with one attached hydrogen (secondary N) is 1. The zero-order chi connectivity index (χ0) is 14.6. The standard InChI is InChI=1S/C13H12ClFN2O2S/c14-9-8-10-4-6-11(7-5-10)20(18,19)17-13-3-1-2-12(15)16-13/h1-7H,8-9H2,(H,16,17). The molecule has 0 spiro atoms. The van der Waals surface area contributed by atoms with Crippen LogP contribution in [-0.4, -0.2) is 19.3 Å². The van der Waals surface area contributed by atoms with Crippen LogP contribution < -0.4 is 4.72 Å². The molecular formula is C13H12ClFN2O2S. The quantitative estimate of drug-likeness (QED) is 0.682. The van der Waals surface area contributed by atoms with Crippen molar-refractivity contribution in [2.45, 2.75) is 11.3 Å². The Hall–Kier alpha value is -1.66. The summed E-state index contributed by atoms with van der Waals surface area (Å²) in [6.45, 7) is 0. The lowest BCUT2D eigenvalue weighted by Crippen LogP contribution is -2.14. The predicted octanol–water partition coefficient (Wildman–Crippen LogP) is 2.80. The number of hydrogen-bond acceptors (Lipinski definition) is 3. The molecule has 0 amide bonds. The van der Waals surface area contributed by atoms with Crippen LogP contribution in [0.2, 0.25) is 0 Å². The lowest BCUT2D eigenvalue weighted by molar-refractivity contribution is 0.584. The van der Waals surface area contributed by atoms with Gasteiger partial charge in [0.15, 0.2) is 0 Å². The number of anilines is 1. The summed E-state index contributed by atoms with van der Waals surface area (Å²) < 4.78 is 39.3. The number of benzene rings is 1. The second kappa shape index (κ2) is 6.19. The van der Waals surface area contributed by atoms with Crippen molar-refractivity contribution in [2.24, 2.45) is 0 Å². The molecule has 0 atom stereocenters. The Morgan fingerprint density at radius 2 is 1.85 bits per heavy atom. The van der Waals surface area contributed by atoms with Gasteiger partial charge in [-0.1, -0.05) is 18.2 Å². The van der Waals surface area contributed by atoms with E-state index in [1.165, 1.54) is 24.3 Å². The Labute approximate surface area is 121 Å². The normalized spacial score (nSPS) is 11.3. The summed E-state index contributed by atoms with van der Waals surface area (Å²) in [4.78, 5) is 3.54. The van der Waals surface area contributed by atoms with Crippen molar-refractivity contribution >= 4 is 27.4 Å². The van der Waals surface area contributed by atoms with Gasteiger partial charge in [0.2, 0.25) is 5.95 Å². The van der Waals surface area contributed by atoms with Crippen molar-refractivity contribution < 1.29 is 12.8 Å². The molecule has 0 bridgehead atoms. The van der Waals surface area contributed by atoms with E-state index in [0.717, 1.165) is 11.6 Å². The fraction of sp³-hybridized carbons (Fsp3) is 0.154. The molecule has 7 heteroatoms. The summed E-state index contributed by atoms with van der Waals surface area (Å²) in [6, 6.07) is 10.2. The maximum Gasteiger partial charge on any atom is 0.263 e. The maximum atomic E-state index is 12.9. The molecular weight excluding hydrogens is 303 g/mol. The third-order valence-electron chi connectivity index (χ3n) is 2.57. The number of hydrogen-bond donors (Lipinski definition) is 1. The van der Waals surface area contributed by atoms with Crippen LogP contribution in [0.25, 0.3) is 0 Å². The molecule has 106 valence electrons. The lowest BCUT2D eigenvalue weighted by Gasteiger charge is -2.07. The molecule has 1 aromatic heterocycles. The van der Waals surface area contributed by atoms with E-state index < -0.39 is 16.0 Å². The minimum atomic E-state index is -3.77. The summed E-state index contributed by atoms with van der Waals surface area (Å²) >= 11 is 5.61. The molecule has 1 N–H and O–H groups in total. The van der Waals surface area contributed by atoms with Gasteiger partial charge in [-0.05, 0) is 36.2 Å². The molecule has 0 fully saturated rings. The number of sulfonamides is 1. The molecule has 1 aromatic carbocycles. The molecule has 1 heterocycles. The van der Waals surface area contributed by atoms with E-state index in [1.54, 1.807) is 12.1 Å². The molecule has 0 aliphatic rings. The Bertz CT molecular complexity index is 690. The first-order chi connectivity index (χ1) is 9.51. The van der Waals surface area contributed by atoms with Crippen LogP contribution in [0, 0.1) is 5.95 Å². The second-order valence-corrected chi connectivity index (χ2v) is 6.09. The van der Waals surface area contributed by atoms with Gasteiger partial charge in [-0.2, -0.15) is 4.39 Å². The molecule has 0 radical (unpaired) electrons. The molecule has 0 aliphatic carbocycles. The number of rotatable bonds is 5. The topological polar surface area (TPSA) is 59.1 Å². The second-order valence-electron chi connectivity index (χ2n) is 4.03. The van der Waals surface area contributed by atoms with Crippen molar-refractivity contribution in [2.75, 3.05) is 10.6 Å². The van der Waals surface area contributed by atoms with E-state index in [9.17, 15) is 12.8 Å². The maximum absolute atomic E-state index is 12.9. The van der Waals surface area contributed by atoms with E-state index in [-0.39, 0.29) is 10.7 Å². The summed E-state index contributed by atoms with van der Waals surface area (Å²) in [5.41, 5.74) is 0.947. The van der Waals surface area contributed by atoms with Crippen LogP contribution >= 0.6 is 11.6 Å². The van der Waals surface area contributed by atoms with Crippen molar-refractivity contribution in [3.63, 3.8) is 0 Å². The number of pyridine rings is 1. The highest BCUT2D eigenvalue weighted by Gasteiger charge is 2.14. The largest absolute Gasteiger partial charge is 0.263 e. The SMILES string of the molecule is O=S(=O)(Nc1cccc(F)n1)c1ccc(CCCl)cc1. The monoisotopic (exact) mass is 314 g/mol. The molecule has 0 saturated heterocycles. The van der Waals surface area contributed by atoms with Crippen molar-refractivity contribution in [1.82, 2.24) is 4.98 Å². The summed E-state index contributed by atoms with van der Waals surface area (Å²) in [5.74, 6) is -0.338. The number of halogens is 2. The van der Waals surface area contributed by atoms with Crippen molar-refractivity contribution in [3.05, 3.63) is 54.0 Å². The zero-order valence-electron chi connectivity index (χ0n) is 10.4. The Balaban J connectivity index is 2.21. The Morgan fingerprint density at radius 1 is 1.15 bits per heavy atom. The summed E-state index contributed by atoms with van der Waals surface area (Å²) in [6.07, 6.45) is 0.667. The summed E-state index contributed by atoms with van der Waals surface area (Å²) in [7, 11) is -3.77. The van der Waals surface area contributed by atoms with Crippen LogP contribution in [0.3, 0.4) is 0 Å². The van der Waals surface area contributed by atoms with E-state index in [0.29, 0.717) is 12.3 Å². The first-order valence-electron chi connectivity index (χ1n) is 5.81. The van der Waals surface area contributed by atoms with E-state index in [2.05, 4.69) is 9.71 Å². The average molecular weight is 315 g/mol. The highest BCUT2D eigenvalue weighted by molar-refractivity contribution is 7.92. The third kappa shape index (κ3) is 3.68. The van der Waals surface area contributed by atoms with Gasteiger partial charge in [-0.3, -0.25) is 4.72 Å². The predicted molar refractivity (Wildman–Crippen MR) is 75.9 cm³/mol. The van der Waals surface area contributed by atoms with Gasteiger partial charge in [0.05, 0.1) is 4.90 Å². The fourth-order valence-corrected chi connectivity index (χ4v) is 2.83. The fourth-order valence-electron chi connectivity index (χ4n) is 1.61. The number of aromatic nitrogens is 1. The van der Waals surface area contributed by atoms with Crippen LogP contribution in [0.5, 0.6) is 0 Å². The first-order valence-corrected chi connectivity index (χ1v) is 7.83. The molecule has 0 aliphatic heterocycles. The average Bonchev–Trinajstić information content (AvgIpc) is 2.39. The van der Waals surface area contributed by atoms with Gasteiger partial charge in [0, 0.05) is 5.88 Å². The van der Waals surface area contributed by atoms with Gasteiger partial charge >= 0.3 is 0 Å². The molecule has 4 nitrogen and oxygen atoms in total. The van der Waals surface area contributed by atoms with E-state index >= 15 is 0 Å². The molecule has 0 saturated carbocycles. The molecule has 20 heavy (non-hydrogen) atoms. The van der Waals surface area contributed by atoms with Crippen molar-refractivity contribution in [3.8, 4) is 0 Å². The Kier molecular flexibility index (Phi) is 4.57. The molecule has 2 aromatic rings. The van der Waals surface area contributed by atoms with Crippen LogP contribution in [0.15, 0.2) is 47.4 Å². The third-order valence-corrected chi connectivity index (χ3v) is 4.13. The van der Waals surface area contributed by atoms with E-state index in [1.807, 2.05) is 0 Å². The minimum absolute atomic E-state index is 0.0603. The highest BCUT2D eigenvalue weighted by atomic mass is 35.5. The Morgan fingerprint density at radius 3 is 2.45 bits per heavy atom. The summed E-state index contributed by atoms with van der Waals surface area (Å²) in [5, 5.41) is 0. The van der Waals surface area contributed by atoms with E-state index in [4.69, 9.17) is 11.6 Å². The smallest absolute Gasteiger partial charge is 0.263 e. The lowest BCUT2D eigenvalue weighted by atomic mass is 10.2. The van der Waals surface area contributed by atoms with Gasteiger partial charge < -0.3 is 0 Å². The minimum Gasteiger partial charge on any atom is -0.263 e. The van der Waals surface area contributed by atoms with Crippen LogP contribution in [-0.2, 0) is 16.4 Å². The zero-order valence-corrected chi connectivity index (χ0v) is 12.0. The van der Waals surface area contributed by atoms with Gasteiger partial charge in [0.1, 0.15) is 5.82 Å². The van der Waals surface area contributed by atoms with Gasteiger partial charge in [-0.15, -0.1) is 11.6 Å². The molecule has 0 unspecified atom stereocenters. The van der Waals surface area contributed by atoms with Crippen LogP contribution in [0.1, 0.15) is 5.56 Å². The first kappa shape index (κ1) is 14.7.